The van der Waals surface area contributed by atoms with Gasteiger partial charge in [-0.15, -0.1) is 0 Å². The van der Waals surface area contributed by atoms with Gasteiger partial charge in [0.2, 0.25) is 0 Å². The lowest BCUT2D eigenvalue weighted by Crippen LogP contribution is -2.33. The third-order valence-corrected chi connectivity index (χ3v) is 9.07. The molecule has 0 aliphatic heterocycles. The number of rotatable bonds is 4. The highest BCUT2D eigenvalue weighted by Crippen LogP contribution is 2.46. The highest BCUT2D eigenvalue weighted by atomic mass is 19.1. The summed E-state index contributed by atoms with van der Waals surface area (Å²) < 4.78 is 13.8. The van der Waals surface area contributed by atoms with E-state index in [1.807, 2.05) is 0 Å². The zero-order valence-corrected chi connectivity index (χ0v) is 25.0. The van der Waals surface area contributed by atoms with Crippen LogP contribution in [0.3, 0.4) is 0 Å². The van der Waals surface area contributed by atoms with E-state index in [1.54, 1.807) is 12.1 Å². The average molecular weight is 564 g/mol. The minimum absolute atomic E-state index is 0.0646. The summed E-state index contributed by atoms with van der Waals surface area (Å²) in [6, 6.07) is 36.3. The lowest BCUT2D eigenvalue weighted by Gasteiger charge is -2.42. The number of nitrogens with zero attached hydrogens (tertiary/aromatic N) is 3. The lowest BCUT2D eigenvalue weighted by molar-refractivity contribution is 0.332. The fourth-order valence-electron chi connectivity index (χ4n) is 6.27. The Morgan fingerprint density at radius 2 is 0.953 bits per heavy atom. The topological polar surface area (TPSA) is 38.7 Å². The maximum Gasteiger partial charge on any atom is 0.164 e. The first-order chi connectivity index (χ1) is 20.7. The SMILES string of the molecule is CC1(C)CCC(C)(C)c2cc(-c3nc(-c4ccc(F)cc4)nc(-c4ccc(-c5ccc6ccccc6c5)cc4)n3)ccc21. The minimum Gasteiger partial charge on any atom is -0.208 e. The van der Waals surface area contributed by atoms with Crippen molar-refractivity contribution in [3.8, 4) is 45.3 Å². The molecule has 43 heavy (non-hydrogen) atoms. The number of hydrogen-bond acceptors (Lipinski definition) is 3. The van der Waals surface area contributed by atoms with Gasteiger partial charge < -0.3 is 0 Å². The summed E-state index contributed by atoms with van der Waals surface area (Å²) in [5.74, 6) is 1.44. The first-order valence-electron chi connectivity index (χ1n) is 14.9. The molecule has 0 unspecified atom stereocenters. The van der Waals surface area contributed by atoms with Gasteiger partial charge in [0.05, 0.1) is 0 Å². The van der Waals surface area contributed by atoms with Crippen molar-refractivity contribution in [2.24, 2.45) is 0 Å². The first-order valence-corrected chi connectivity index (χ1v) is 14.9. The predicted molar refractivity (Wildman–Crippen MR) is 174 cm³/mol. The van der Waals surface area contributed by atoms with E-state index in [1.165, 1.54) is 34.0 Å². The van der Waals surface area contributed by atoms with Crippen LogP contribution in [-0.2, 0) is 10.8 Å². The van der Waals surface area contributed by atoms with Gasteiger partial charge in [0, 0.05) is 16.7 Å². The molecule has 0 radical (unpaired) electrons. The second kappa shape index (κ2) is 10.2. The van der Waals surface area contributed by atoms with Gasteiger partial charge in [-0.05, 0) is 93.1 Å². The van der Waals surface area contributed by atoms with E-state index in [4.69, 9.17) is 15.0 Å². The molecule has 0 bridgehead atoms. The highest BCUT2D eigenvalue weighted by Gasteiger charge is 2.37. The average Bonchev–Trinajstić information content (AvgIpc) is 3.03. The van der Waals surface area contributed by atoms with Crippen molar-refractivity contribution in [2.75, 3.05) is 0 Å². The molecule has 0 saturated heterocycles. The van der Waals surface area contributed by atoms with Crippen LogP contribution in [0.15, 0.2) is 109 Å². The van der Waals surface area contributed by atoms with Crippen molar-refractivity contribution >= 4 is 10.8 Å². The smallest absolute Gasteiger partial charge is 0.164 e. The molecule has 4 heteroatoms. The van der Waals surface area contributed by atoms with Crippen LogP contribution in [-0.4, -0.2) is 15.0 Å². The van der Waals surface area contributed by atoms with Crippen LogP contribution >= 0.6 is 0 Å². The van der Waals surface area contributed by atoms with E-state index in [-0.39, 0.29) is 16.6 Å². The van der Waals surface area contributed by atoms with Crippen molar-refractivity contribution in [3.63, 3.8) is 0 Å². The molecular weight excluding hydrogens is 529 g/mol. The molecule has 0 spiro atoms. The molecule has 1 heterocycles. The third kappa shape index (κ3) is 5.12. The van der Waals surface area contributed by atoms with E-state index in [0.717, 1.165) is 40.7 Å². The summed E-state index contributed by atoms with van der Waals surface area (Å²) in [7, 11) is 0. The number of halogens is 1. The molecule has 1 aliphatic carbocycles. The van der Waals surface area contributed by atoms with Crippen LogP contribution in [0.2, 0.25) is 0 Å². The molecule has 6 aromatic rings. The summed E-state index contributed by atoms with van der Waals surface area (Å²) in [6.07, 6.45) is 2.29. The van der Waals surface area contributed by atoms with Crippen LogP contribution in [0, 0.1) is 5.82 Å². The van der Waals surface area contributed by atoms with Crippen LogP contribution in [0.1, 0.15) is 51.7 Å². The molecule has 0 atom stereocenters. The van der Waals surface area contributed by atoms with Gasteiger partial charge in [0.15, 0.2) is 17.5 Å². The fourth-order valence-corrected chi connectivity index (χ4v) is 6.27. The van der Waals surface area contributed by atoms with Crippen LogP contribution in [0.5, 0.6) is 0 Å². The monoisotopic (exact) mass is 563 g/mol. The summed E-state index contributed by atoms with van der Waals surface area (Å²) in [5.41, 5.74) is 7.83. The number of benzene rings is 5. The predicted octanol–water partition coefficient (Wildman–Crippen LogP) is 10.2. The van der Waals surface area contributed by atoms with E-state index >= 15 is 0 Å². The van der Waals surface area contributed by atoms with Gasteiger partial charge in [0.1, 0.15) is 5.82 Å². The standard InChI is InChI=1S/C39H34FN3/c1-38(2)21-22-39(3,4)34-24-31(17-20-33(34)38)37-42-35(41-36(43-37)28-15-18-32(40)19-16-28)27-12-9-26(10-13-27)30-14-11-25-7-5-6-8-29(25)23-30/h5-20,23-24H,21-22H2,1-4H3. The minimum atomic E-state index is -0.290. The largest absolute Gasteiger partial charge is 0.208 e. The van der Waals surface area contributed by atoms with Crippen molar-refractivity contribution in [1.29, 1.82) is 0 Å². The molecule has 1 aromatic heterocycles. The first kappa shape index (κ1) is 27.2. The molecule has 212 valence electrons. The van der Waals surface area contributed by atoms with E-state index < -0.39 is 0 Å². The zero-order valence-electron chi connectivity index (χ0n) is 25.0. The Balaban J connectivity index is 1.33. The molecule has 0 amide bonds. The Kier molecular flexibility index (Phi) is 6.46. The zero-order chi connectivity index (χ0) is 29.8. The van der Waals surface area contributed by atoms with Crippen molar-refractivity contribution < 1.29 is 4.39 Å². The molecule has 0 saturated carbocycles. The normalized spacial score (nSPS) is 15.3. The van der Waals surface area contributed by atoms with Gasteiger partial charge in [-0.1, -0.05) is 100 Å². The second-order valence-electron chi connectivity index (χ2n) is 13.0. The molecule has 1 aliphatic rings. The summed E-state index contributed by atoms with van der Waals surface area (Å²) in [4.78, 5) is 14.8. The van der Waals surface area contributed by atoms with E-state index in [9.17, 15) is 4.39 Å². The van der Waals surface area contributed by atoms with E-state index in [0.29, 0.717) is 17.5 Å². The Bertz CT molecular complexity index is 1970. The number of hydrogen-bond donors (Lipinski definition) is 0. The molecule has 0 fully saturated rings. The fraction of sp³-hybridized carbons (Fsp3) is 0.205. The highest BCUT2D eigenvalue weighted by molar-refractivity contribution is 5.87. The summed E-state index contributed by atoms with van der Waals surface area (Å²) in [5, 5.41) is 2.44. The summed E-state index contributed by atoms with van der Waals surface area (Å²) >= 11 is 0. The van der Waals surface area contributed by atoms with Gasteiger partial charge in [-0.2, -0.15) is 0 Å². The Labute approximate surface area is 252 Å². The third-order valence-electron chi connectivity index (χ3n) is 9.07. The molecule has 3 nitrogen and oxygen atoms in total. The maximum absolute atomic E-state index is 13.8. The van der Waals surface area contributed by atoms with Crippen LogP contribution in [0.25, 0.3) is 56.1 Å². The quantitative estimate of drug-likeness (QED) is 0.214. The lowest BCUT2D eigenvalue weighted by atomic mass is 9.63. The van der Waals surface area contributed by atoms with E-state index in [2.05, 4.69) is 113 Å². The number of aromatic nitrogens is 3. The van der Waals surface area contributed by atoms with Crippen molar-refractivity contribution in [3.05, 3.63) is 126 Å². The van der Waals surface area contributed by atoms with Crippen molar-refractivity contribution in [2.45, 2.75) is 51.4 Å². The maximum atomic E-state index is 13.8. The van der Waals surface area contributed by atoms with Gasteiger partial charge in [0.25, 0.3) is 0 Å². The summed E-state index contributed by atoms with van der Waals surface area (Å²) in [6.45, 7) is 9.31. The second-order valence-corrected chi connectivity index (χ2v) is 13.0. The Hall–Kier alpha value is -4.70. The molecule has 5 aromatic carbocycles. The Morgan fingerprint density at radius 1 is 0.465 bits per heavy atom. The molecule has 0 N–H and O–H groups in total. The molecule has 7 rings (SSSR count). The molecular formula is C39H34FN3. The van der Waals surface area contributed by atoms with Crippen LogP contribution < -0.4 is 0 Å². The van der Waals surface area contributed by atoms with Gasteiger partial charge in [-0.3, -0.25) is 0 Å². The van der Waals surface area contributed by atoms with Crippen molar-refractivity contribution in [1.82, 2.24) is 15.0 Å². The number of fused-ring (bicyclic) bond motifs is 2. The van der Waals surface area contributed by atoms with Gasteiger partial charge in [-0.25, -0.2) is 19.3 Å². The van der Waals surface area contributed by atoms with Gasteiger partial charge >= 0.3 is 0 Å². The van der Waals surface area contributed by atoms with Crippen LogP contribution in [0.4, 0.5) is 4.39 Å². The Morgan fingerprint density at radius 3 is 1.60 bits per heavy atom.